The van der Waals surface area contributed by atoms with Gasteiger partial charge < -0.3 is 16.6 Å². The van der Waals surface area contributed by atoms with Crippen molar-refractivity contribution < 1.29 is 13.9 Å². The zero-order chi connectivity index (χ0) is 10.9. The first-order valence-electron chi connectivity index (χ1n) is 4.03. The van der Waals surface area contributed by atoms with Gasteiger partial charge in [-0.3, -0.25) is 0 Å². The number of aliphatic hydroxyl groups excluding tert-OH is 1. The van der Waals surface area contributed by atoms with Crippen LogP contribution in [0.15, 0.2) is 12.1 Å². The molecular weight excluding hydrogens is 190 g/mol. The third-order valence-electron chi connectivity index (χ3n) is 2.04. The molecule has 0 aliphatic rings. The standard InChI is InChI=1S/C9H12F2N2O/c1-9(13,4-14)6-2-5(10)3-7(11)8(6)12/h2-3,14H,4,12-13H2,1H3. The summed E-state index contributed by atoms with van der Waals surface area (Å²) in [7, 11) is 0. The Morgan fingerprint density at radius 3 is 2.50 bits per heavy atom. The molecule has 0 saturated heterocycles. The van der Waals surface area contributed by atoms with Gasteiger partial charge in [-0.15, -0.1) is 0 Å². The number of nitrogens with two attached hydrogens (primary N) is 2. The van der Waals surface area contributed by atoms with Crippen LogP contribution in [0.1, 0.15) is 12.5 Å². The third kappa shape index (κ3) is 1.83. The summed E-state index contributed by atoms with van der Waals surface area (Å²) >= 11 is 0. The average Bonchev–Trinajstić information content (AvgIpc) is 2.11. The Balaban J connectivity index is 3.34. The van der Waals surface area contributed by atoms with E-state index in [9.17, 15) is 8.78 Å². The molecule has 1 unspecified atom stereocenters. The van der Waals surface area contributed by atoms with Crippen molar-refractivity contribution in [1.29, 1.82) is 0 Å². The van der Waals surface area contributed by atoms with E-state index in [0.717, 1.165) is 6.07 Å². The molecule has 1 aromatic carbocycles. The molecule has 0 aliphatic carbocycles. The Morgan fingerprint density at radius 1 is 1.43 bits per heavy atom. The molecule has 0 fully saturated rings. The summed E-state index contributed by atoms with van der Waals surface area (Å²) in [6.45, 7) is 0.998. The number of hydrogen-bond donors (Lipinski definition) is 3. The molecule has 0 heterocycles. The fourth-order valence-electron chi connectivity index (χ4n) is 1.14. The lowest BCUT2D eigenvalue weighted by molar-refractivity contribution is 0.210. The molecule has 3 nitrogen and oxygen atoms in total. The molecule has 0 amide bonds. The number of aliphatic hydroxyl groups is 1. The van der Waals surface area contributed by atoms with Gasteiger partial charge in [-0.1, -0.05) is 0 Å². The van der Waals surface area contributed by atoms with Crippen LogP contribution >= 0.6 is 0 Å². The topological polar surface area (TPSA) is 72.3 Å². The van der Waals surface area contributed by atoms with Crippen LogP contribution in [0, 0.1) is 11.6 Å². The second-order valence-electron chi connectivity index (χ2n) is 3.42. The highest BCUT2D eigenvalue weighted by atomic mass is 19.1. The summed E-state index contributed by atoms with van der Waals surface area (Å²) in [6, 6.07) is 1.70. The highest BCUT2D eigenvalue weighted by Crippen LogP contribution is 2.26. The summed E-state index contributed by atoms with van der Waals surface area (Å²) in [5.74, 6) is -1.64. The number of anilines is 1. The van der Waals surface area contributed by atoms with Gasteiger partial charge in [0, 0.05) is 11.6 Å². The summed E-state index contributed by atoms with van der Waals surface area (Å²) < 4.78 is 25.8. The predicted molar refractivity (Wildman–Crippen MR) is 49.4 cm³/mol. The van der Waals surface area contributed by atoms with Gasteiger partial charge in [0.15, 0.2) is 0 Å². The van der Waals surface area contributed by atoms with E-state index in [2.05, 4.69) is 0 Å². The van der Waals surface area contributed by atoms with Crippen LogP contribution in [-0.2, 0) is 5.54 Å². The maximum absolute atomic E-state index is 13.0. The molecule has 1 atom stereocenters. The number of rotatable bonds is 2. The average molecular weight is 202 g/mol. The number of nitrogen functional groups attached to an aromatic ring is 1. The molecule has 5 heteroatoms. The zero-order valence-electron chi connectivity index (χ0n) is 7.72. The van der Waals surface area contributed by atoms with Crippen molar-refractivity contribution in [3.8, 4) is 0 Å². The zero-order valence-corrected chi connectivity index (χ0v) is 7.72. The lowest BCUT2D eigenvalue weighted by atomic mass is 9.92. The molecule has 0 aliphatic heterocycles. The lowest BCUT2D eigenvalue weighted by Gasteiger charge is -2.24. The van der Waals surface area contributed by atoms with Gasteiger partial charge >= 0.3 is 0 Å². The molecule has 78 valence electrons. The van der Waals surface area contributed by atoms with Crippen molar-refractivity contribution in [3.05, 3.63) is 29.3 Å². The minimum Gasteiger partial charge on any atom is -0.396 e. The molecule has 1 rings (SSSR count). The Morgan fingerprint density at radius 2 is 2.00 bits per heavy atom. The fourth-order valence-corrected chi connectivity index (χ4v) is 1.14. The third-order valence-corrected chi connectivity index (χ3v) is 2.04. The monoisotopic (exact) mass is 202 g/mol. The molecule has 0 aromatic heterocycles. The van der Waals surface area contributed by atoms with E-state index in [-0.39, 0.29) is 11.3 Å². The Kier molecular flexibility index (Phi) is 2.73. The summed E-state index contributed by atoms with van der Waals surface area (Å²) in [5, 5.41) is 8.93. The second-order valence-corrected chi connectivity index (χ2v) is 3.42. The Labute approximate surface area is 80.3 Å². The largest absolute Gasteiger partial charge is 0.396 e. The summed E-state index contributed by atoms with van der Waals surface area (Å²) in [6.07, 6.45) is 0. The smallest absolute Gasteiger partial charge is 0.149 e. The Hall–Kier alpha value is -1.20. The quantitative estimate of drug-likeness (QED) is 0.618. The van der Waals surface area contributed by atoms with Gasteiger partial charge in [0.1, 0.15) is 11.6 Å². The molecule has 14 heavy (non-hydrogen) atoms. The first-order valence-corrected chi connectivity index (χ1v) is 4.03. The van der Waals surface area contributed by atoms with E-state index in [1.54, 1.807) is 0 Å². The van der Waals surface area contributed by atoms with Crippen LogP contribution in [0.3, 0.4) is 0 Å². The normalized spacial score (nSPS) is 15.2. The van der Waals surface area contributed by atoms with E-state index in [4.69, 9.17) is 16.6 Å². The molecule has 1 aromatic rings. The van der Waals surface area contributed by atoms with Crippen molar-refractivity contribution in [2.45, 2.75) is 12.5 Å². The van der Waals surface area contributed by atoms with Crippen LogP contribution in [0.5, 0.6) is 0 Å². The number of halogens is 2. The van der Waals surface area contributed by atoms with Crippen molar-refractivity contribution >= 4 is 5.69 Å². The van der Waals surface area contributed by atoms with Gasteiger partial charge in [-0.2, -0.15) is 0 Å². The predicted octanol–water partition coefficient (Wildman–Crippen LogP) is 0.713. The van der Waals surface area contributed by atoms with Crippen molar-refractivity contribution in [2.75, 3.05) is 12.3 Å². The highest BCUT2D eigenvalue weighted by Gasteiger charge is 2.25. The highest BCUT2D eigenvalue weighted by molar-refractivity contribution is 5.51. The van der Waals surface area contributed by atoms with Crippen LogP contribution in [0.4, 0.5) is 14.5 Å². The van der Waals surface area contributed by atoms with Crippen LogP contribution in [0.25, 0.3) is 0 Å². The maximum Gasteiger partial charge on any atom is 0.149 e. The van der Waals surface area contributed by atoms with Crippen molar-refractivity contribution in [1.82, 2.24) is 0 Å². The number of hydrogen-bond acceptors (Lipinski definition) is 3. The van der Waals surface area contributed by atoms with E-state index < -0.39 is 23.8 Å². The number of benzene rings is 1. The maximum atomic E-state index is 13.0. The van der Waals surface area contributed by atoms with Gasteiger partial charge in [-0.05, 0) is 13.0 Å². The van der Waals surface area contributed by atoms with Gasteiger partial charge in [-0.25, -0.2) is 8.78 Å². The first kappa shape index (κ1) is 10.9. The van der Waals surface area contributed by atoms with Crippen LogP contribution in [0.2, 0.25) is 0 Å². The SMILES string of the molecule is CC(N)(CO)c1cc(F)cc(F)c1N. The minimum atomic E-state index is -1.24. The molecular formula is C9H12F2N2O. The van der Waals surface area contributed by atoms with Gasteiger partial charge in [0.05, 0.1) is 17.8 Å². The van der Waals surface area contributed by atoms with Gasteiger partial charge in [0.25, 0.3) is 0 Å². The van der Waals surface area contributed by atoms with Crippen molar-refractivity contribution in [2.24, 2.45) is 5.73 Å². The van der Waals surface area contributed by atoms with Crippen LogP contribution in [-0.4, -0.2) is 11.7 Å². The van der Waals surface area contributed by atoms with Crippen molar-refractivity contribution in [3.63, 3.8) is 0 Å². The van der Waals surface area contributed by atoms with E-state index in [1.165, 1.54) is 6.92 Å². The Bertz CT molecular complexity index is 353. The summed E-state index contributed by atoms with van der Waals surface area (Å²) in [5.41, 5.74) is 9.59. The van der Waals surface area contributed by atoms with E-state index in [0.29, 0.717) is 6.07 Å². The molecule has 5 N–H and O–H groups in total. The lowest BCUT2D eigenvalue weighted by Crippen LogP contribution is -2.38. The molecule has 0 radical (unpaired) electrons. The molecule has 0 bridgehead atoms. The van der Waals surface area contributed by atoms with Gasteiger partial charge in [0.2, 0.25) is 0 Å². The van der Waals surface area contributed by atoms with E-state index >= 15 is 0 Å². The molecule has 0 spiro atoms. The fraction of sp³-hybridized carbons (Fsp3) is 0.333. The van der Waals surface area contributed by atoms with E-state index in [1.807, 2.05) is 0 Å². The minimum absolute atomic E-state index is 0.0671. The molecule has 0 saturated carbocycles. The van der Waals surface area contributed by atoms with Crippen LogP contribution < -0.4 is 11.5 Å². The summed E-state index contributed by atoms with van der Waals surface area (Å²) in [4.78, 5) is 0. The first-order chi connectivity index (χ1) is 6.38. The second kappa shape index (κ2) is 3.51.